The molecule has 0 N–H and O–H groups in total. The summed E-state index contributed by atoms with van der Waals surface area (Å²) >= 11 is 0. The molecule has 0 aromatic heterocycles. The van der Waals surface area contributed by atoms with Crippen LogP contribution in [0, 0.1) is 0 Å². The molecule has 0 unspecified atom stereocenters. The predicted molar refractivity (Wildman–Crippen MR) is 99.2 cm³/mol. The molecule has 2 aromatic carbocycles. The molecule has 2 aromatic rings. The van der Waals surface area contributed by atoms with E-state index in [9.17, 15) is 0 Å². The van der Waals surface area contributed by atoms with E-state index in [1.807, 2.05) is 0 Å². The number of hydrogen-bond acceptors (Lipinski definition) is 0. The van der Waals surface area contributed by atoms with E-state index in [1.54, 1.807) is 0 Å². The van der Waals surface area contributed by atoms with E-state index < -0.39 is 0 Å². The Morgan fingerprint density at radius 1 is 0.522 bits per heavy atom. The van der Waals surface area contributed by atoms with Crippen LogP contribution in [0.1, 0.15) is 63.8 Å². The summed E-state index contributed by atoms with van der Waals surface area (Å²) in [6.45, 7) is 13.5. The molecule has 0 aliphatic carbocycles. The van der Waals surface area contributed by atoms with Gasteiger partial charge in [0.2, 0.25) is 0 Å². The van der Waals surface area contributed by atoms with Gasteiger partial charge in [-0.15, -0.1) is 0 Å². The third kappa shape index (κ3) is 5.66. The molecule has 2 rings (SSSR count). The van der Waals surface area contributed by atoms with Gasteiger partial charge in [0.25, 0.3) is 0 Å². The maximum atomic E-state index is 2.24. The van der Waals surface area contributed by atoms with Gasteiger partial charge < -0.3 is 0 Å². The first kappa shape index (κ1) is 19.7. The molecule has 1 heteroatoms. The van der Waals surface area contributed by atoms with Crippen molar-refractivity contribution in [3.8, 4) is 0 Å². The van der Waals surface area contributed by atoms with Crippen molar-refractivity contribution in [1.29, 1.82) is 0 Å². The van der Waals surface area contributed by atoms with Crippen molar-refractivity contribution in [3.63, 3.8) is 0 Å². The van der Waals surface area contributed by atoms with Crippen LogP contribution in [0.2, 0.25) is 0 Å². The molecule has 0 aliphatic heterocycles. The molecule has 0 amide bonds. The number of rotatable bonds is 2. The van der Waals surface area contributed by atoms with Gasteiger partial charge in [-0.2, -0.15) is 0 Å². The number of hydrogen-bond donors (Lipinski definition) is 0. The smallest absolute Gasteiger partial charge is 0 e. The predicted octanol–water partition coefficient (Wildman–Crippen LogP) is 6.45. The zero-order valence-electron chi connectivity index (χ0n) is 15.1. The van der Waals surface area contributed by atoms with E-state index in [2.05, 4.69) is 102 Å². The van der Waals surface area contributed by atoms with Crippen molar-refractivity contribution < 1.29 is 16.5 Å². The van der Waals surface area contributed by atoms with Crippen LogP contribution in [-0.2, 0) is 27.3 Å². The van der Waals surface area contributed by atoms with Gasteiger partial charge in [-0.3, -0.25) is 0 Å². The molecule has 0 heterocycles. The second kappa shape index (κ2) is 7.50. The summed E-state index contributed by atoms with van der Waals surface area (Å²) in [5.41, 5.74) is 5.66. The molecular formula is C22H28Ni. The fraction of sp³-hybridized carbons (Fsp3) is 0.364. The first-order valence-corrected chi connectivity index (χ1v) is 8.05. The van der Waals surface area contributed by atoms with E-state index in [4.69, 9.17) is 0 Å². The van der Waals surface area contributed by atoms with Crippen LogP contribution in [0.15, 0.2) is 48.5 Å². The van der Waals surface area contributed by atoms with Gasteiger partial charge in [0, 0.05) is 16.5 Å². The van der Waals surface area contributed by atoms with Gasteiger partial charge in [0.1, 0.15) is 0 Å². The van der Waals surface area contributed by atoms with E-state index >= 15 is 0 Å². The van der Waals surface area contributed by atoms with E-state index in [1.165, 1.54) is 22.3 Å². The zero-order valence-corrected chi connectivity index (χ0v) is 16.1. The van der Waals surface area contributed by atoms with Crippen LogP contribution in [-0.4, -0.2) is 0 Å². The zero-order chi connectivity index (χ0) is 16.4. The van der Waals surface area contributed by atoms with Crippen molar-refractivity contribution >= 4 is 12.2 Å². The Hall–Kier alpha value is -1.33. The minimum Gasteiger partial charge on any atom is -0.0579 e. The van der Waals surface area contributed by atoms with Gasteiger partial charge in [0.15, 0.2) is 0 Å². The summed E-state index contributed by atoms with van der Waals surface area (Å²) in [6, 6.07) is 17.7. The fourth-order valence-electron chi connectivity index (χ4n) is 2.38. The van der Waals surface area contributed by atoms with E-state index in [0.717, 1.165) is 0 Å². The average molecular weight is 351 g/mol. The molecule has 0 saturated heterocycles. The second-order valence-electron chi connectivity index (χ2n) is 8.08. The van der Waals surface area contributed by atoms with Crippen molar-refractivity contribution in [2.45, 2.75) is 52.4 Å². The number of benzene rings is 2. The Kier molecular flexibility index (Phi) is 6.43. The Morgan fingerprint density at radius 2 is 0.783 bits per heavy atom. The van der Waals surface area contributed by atoms with Gasteiger partial charge in [-0.05, 0) is 33.1 Å². The van der Waals surface area contributed by atoms with Crippen LogP contribution >= 0.6 is 0 Å². The first-order chi connectivity index (χ1) is 10.2. The maximum Gasteiger partial charge on any atom is 0 e. The van der Waals surface area contributed by atoms with Crippen molar-refractivity contribution in [3.05, 3.63) is 70.8 Å². The topological polar surface area (TPSA) is 0 Å². The van der Waals surface area contributed by atoms with Crippen molar-refractivity contribution in [1.82, 2.24) is 0 Å². The summed E-state index contributed by atoms with van der Waals surface area (Å²) in [7, 11) is 0. The summed E-state index contributed by atoms with van der Waals surface area (Å²) < 4.78 is 0. The fourth-order valence-corrected chi connectivity index (χ4v) is 2.38. The molecule has 23 heavy (non-hydrogen) atoms. The monoisotopic (exact) mass is 350 g/mol. The molecule has 0 fully saturated rings. The summed E-state index contributed by atoms with van der Waals surface area (Å²) in [6.07, 6.45) is 4.36. The van der Waals surface area contributed by atoms with E-state index in [0.29, 0.717) is 0 Å². The minimum atomic E-state index is 0. The molecule has 0 saturated carbocycles. The minimum absolute atomic E-state index is 0. The molecular weight excluding hydrogens is 323 g/mol. The summed E-state index contributed by atoms with van der Waals surface area (Å²) in [4.78, 5) is 0. The maximum absolute atomic E-state index is 2.24. The van der Waals surface area contributed by atoms with Crippen LogP contribution in [0.3, 0.4) is 0 Å². The Balaban J connectivity index is 0.00000264. The van der Waals surface area contributed by atoms with E-state index in [-0.39, 0.29) is 27.3 Å². The van der Waals surface area contributed by atoms with Crippen LogP contribution in [0.5, 0.6) is 0 Å². The standard InChI is InChI=1S/C22H28.Ni/c1-21(2,3)19-13-9-17(10-14-19)7-8-18-11-15-20(16-12-18)22(4,5)6;/h7-16H,1-6H3;/b8-7+;. The van der Waals surface area contributed by atoms with Gasteiger partial charge in [0.05, 0.1) is 0 Å². The third-order valence-electron chi connectivity index (χ3n) is 4.02. The molecule has 0 spiro atoms. The van der Waals surface area contributed by atoms with Crippen LogP contribution in [0.25, 0.3) is 12.2 Å². The van der Waals surface area contributed by atoms with Gasteiger partial charge in [-0.25, -0.2) is 0 Å². The van der Waals surface area contributed by atoms with Gasteiger partial charge in [-0.1, -0.05) is 102 Å². The average Bonchev–Trinajstić information content (AvgIpc) is 2.44. The Morgan fingerprint density at radius 3 is 1.00 bits per heavy atom. The summed E-state index contributed by atoms with van der Waals surface area (Å²) in [5, 5.41) is 0. The molecule has 0 atom stereocenters. The SMILES string of the molecule is CC(C)(C)c1ccc(/C=C/c2ccc(C(C)(C)C)cc2)cc1.[Ni]. The molecule has 0 aliphatic rings. The second-order valence-corrected chi connectivity index (χ2v) is 8.08. The Labute approximate surface area is 151 Å². The van der Waals surface area contributed by atoms with Crippen molar-refractivity contribution in [2.24, 2.45) is 0 Å². The molecule has 126 valence electrons. The van der Waals surface area contributed by atoms with Crippen molar-refractivity contribution in [2.75, 3.05) is 0 Å². The van der Waals surface area contributed by atoms with Crippen LogP contribution in [0.4, 0.5) is 0 Å². The third-order valence-corrected chi connectivity index (χ3v) is 4.02. The quantitative estimate of drug-likeness (QED) is 0.431. The largest absolute Gasteiger partial charge is 0.0579 e. The van der Waals surface area contributed by atoms with Crippen LogP contribution < -0.4 is 0 Å². The molecule has 0 nitrogen and oxygen atoms in total. The molecule has 0 radical (unpaired) electrons. The Bertz CT molecular complexity index is 573. The first-order valence-electron chi connectivity index (χ1n) is 8.05. The normalized spacial score (nSPS) is 12.3. The molecule has 0 bridgehead atoms. The van der Waals surface area contributed by atoms with Gasteiger partial charge >= 0.3 is 0 Å². The summed E-state index contributed by atoms with van der Waals surface area (Å²) in [5.74, 6) is 0.